The summed E-state index contributed by atoms with van der Waals surface area (Å²) in [6.07, 6.45) is -0.523. The van der Waals surface area contributed by atoms with Crippen LogP contribution in [-0.4, -0.2) is 40.3 Å². The molecule has 0 aliphatic carbocycles. The van der Waals surface area contributed by atoms with Gasteiger partial charge in [0.25, 0.3) is 11.8 Å². The smallest absolute Gasteiger partial charge is 0.262 e. The van der Waals surface area contributed by atoms with E-state index < -0.39 is 29.9 Å². The standard InChI is InChI=1S/C22H24N2O4.H2S/c1-14(2)12-18(20(26)23-13-19(25)15-8-4-3-5-9-15)24-21(27)16-10-6-7-11-17(16)22(24)28;/h3-11,14,18-19,25H,12-13H2,1-2H3,(H,23,26);1H2/t18-,19?;/m0./s1. The Bertz CT molecular complexity index is 850. The van der Waals surface area contributed by atoms with Gasteiger partial charge in [-0.05, 0) is 30.0 Å². The molecule has 29 heavy (non-hydrogen) atoms. The number of benzene rings is 2. The van der Waals surface area contributed by atoms with Crippen LogP contribution in [0.5, 0.6) is 0 Å². The van der Waals surface area contributed by atoms with Gasteiger partial charge in [-0.2, -0.15) is 13.5 Å². The van der Waals surface area contributed by atoms with Gasteiger partial charge in [0.05, 0.1) is 17.2 Å². The Hall–Kier alpha value is -2.64. The van der Waals surface area contributed by atoms with Crippen molar-refractivity contribution in [2.24, 2.45) is 5.92 Å². The molecule has 0 saturated carbocycles. The molecule has 7 heteroatoms. The molecule has 0 saturated heterocycles. The number of hydrogen-bond donors (Lipinski definition) is 2. The van der Waals surface area contributed by atoms with Gasteiger partial charge >= 0.3 is 0 Å². The van der Waals surface area contributed by atoms with Gasteiger partial charge in [-0.15, -0.1) is 0 Å². The summed E-state index contributed by atoms with van der Waals surface area (Å²) in [5, 5.41) is 13.0. The summed E-state index contributed by atoms with van der Waals surface area (Å²) in [6.45, 7) is 3.86. The third kappa shape index (κ3) is 4.86. The number of fused-ring (bicyclic) bond motifs is 1. The lowest BCUT2D eigenvalue weighted by Crippen LogP contribution is -2.50. The number of carbonyl (C=O) groups excluding carboxylic acids is 3. The van der Waals surface area contributed by atoms with Crippen LogP contribution in [0.4, 0.5) is 0 Å². The maximum atomic E-state index is 12.9. The second-order valence-electron chi connectivity index (χ2n) is 7.34. The van der Waals surface area contributed by atoms with E-state index in [9.17, 15) is 19.5 Å². The first kappa shape index (κ1) is 22.6. The van der Waals surface area contributed by atoms with E-state index >= 15 is 0 Å². The van der Waals surface area contributed by atoms with E-state index in [0.29, 0.717) is 23.1 Å². The van der Waals surface area contributed by atoms with Crippen molar-refractivity contribution in [3.8, 4) is 0 Å². The number of nitrogens with one attached hydrogen (secondary N) is 1. The Labute approximate surface area is 177 Å². The number of imide groups is 1. The minimum atomic E-state index is -0.921. The second-order valence-corrected chi connectivity index (χ2v) is 7.34. The van der Waals surface area contributed by atoms with Crippen LogP contribution in [0, 0.1) is 5.92 Å². The molecule has 1 heterocycles. The molecule has 1 unspecified atom stereocenters. The molecule has 2 N–H and O–H groups in total. The van der Waals surface area contributed by atoms with Crippen molar-refractivity contribution in [2.45, 2.75) is 32.4 Å². The molecule has 2 aromatic carbocycles. The van der Waals surface area contributed by atoms with E-state index in [0.717, 1.165) is 4.90 Å². The van der Waals surface area contributed by atoms with Crippen molar-refractivity contribution in [2.75, 3.05) is 6.54 Å². The van der Waals surface area contributed by atoms with Crippen LogP contribution < -0.4 is 5.32 Å². The van der Waals surface area contributed by atoms with Crippen molar-refractivity contribution in [1.29, 1.82) is 0 Å². The van der Waals surface area contributed by atoms with Gasteiger partial charge in [-0.25, -0.2) is 0 Å². The van der Waals surface area contributed by atoms with Crippen molar-refractivity contribution in [3.63, 3.8) is 0 Å². The highest BCUT2D eigenvalue weighted by Gasteiger charge is 2.42. The largest absolute Gasteiger partial charge is 0.387 e. The van der Waals surface area contributed by atoms with Gasteiger partial charge in [0.15, 0.2) is 0 Å². The number of nitrogens with zero attached hydrogens (tertiary/aromatic N) is 1. The summed E-state index contributed by atoms with van der Waals surface area (Å²) in [5.74, 6) is -1.26. The molecule has 3 amide bonds. The number of amides is 3. The summed E-state index contributed by atoms with van der Waals surface area (Å²) < 4.78 is 0. The van der Waals surface area contributed by atoms with Crippen molar-refractivity contribution < 1.29 is 19.5 Å². The van der Waals surface area contributed by atoms with Crippen LogP contribution >= 0.6 is 13.5 Å². The quantitative estimate of drug-likeness (QED) is 0.682. The zero-order valence-electron chi connectivity index (χ0n) is 16.5. The molecule has 0 spiro atoms. The predicted octanol–water partition coefficient (Wildman–Crippen LogP) is 2.66. The fourth-order valence-electron chi connectivity index (χ4n) is 3.38. The summed E-state index contributed by atoms with van der Waals surface area (Å²) in [7, 11) is 0. The Balaban J connectivity index is 0.00000300. The first-order valence-corrected chi connectivity index (χ1v) is 9.37. The summed E-state index contributed by atoms with van der Waals surface area (Å²) in [4.78, 5) is 39.5. The fourth-order valence-corrected chi connectivity index (χ4v) is 3.38. The monoisotopic (exact) mass is 414 g/mol. The Kier molecular flexibility index (Phi) is 7.59. The minimum absolute atomic E-state index is 0. The zero-order chi connectivity index (χ0) is 20.3. The predicted molar refractivity (Wildman–Crippen MR) is 115 cm³/mol. The molecule has 1 aliphatic rings. The Morgan fingerprint density at radius 3 is 2.00 bits per heavy atom. The number of aliphatic hydroxyl groups is 1. The fraction of sp³-hybridized carbons (Fsp3) is 0.318. The van der Waals surface area contributed by atoms with Crippen LogP contribution in [0.1, 0.15) is 52.7 Å². The highest BCUT2D eigenvalue weighted by molar-refractivity contribution is 7.59. The third-order valence-electron chi connectivity index (χ3n) is 4.79. The molecule has 1 aliphatic heterocycles. The lowest BCUT2D eigenvalue weighted by atomic mass is 10.0. The van der Waals surface area contributed by atoms with E-state index in [1.165, 1.54) is 0 Å². The van der Waals surface area contributed by atoms with Crippen LogP contribution in [0.25, 0.3) is 0 Å². The van der Waals surface area contributed by atoms with E-state index in [-0.39, 0.29) is 26.0 Å². The summed E-state index contributed by atoms with van der Waals surface area (Å²) in [6, 6.07) is 14.7. The molecular formula is C22H26N2O4S. The summed E-state index contributed by atoms with van der Waals surface area (Å²) >= 11 is 0. The molecule has 0 radical (unpaired) electrons. The van der Waals surface area contributed by atoms with Gasteiger partial charge in [0, 0.05) is 6.54 Å². The van der Waals surface area contributed by atoms with Gasteiger partial charge in [0.1, 0.15) is 6.04 Å². The topological polar surface area (TPSA) is 86.7 Å². The van der Waals surface area contributed by atoms with Crippen LogP contribution in [0.3, 0.4) is 0 Å². The van der Waals surface area contributed by atoms with E-state index in [1.54, 1.807) is 48.5 Å². The average Bonchev–Trinajstić information content (AvgIpc) is 2.95. The minimum Gasteiger partial charge on any atom is -0.387 e. The molecule has 6 nitrogen and oxygen atoms in total. The molecule has 3 rings (SSSR count). The van der Waals surface area contributed by atoms with Crippen LogP contribution in [0.15, 0.2) is 54.6 Å². The molecular weight excluding hydrogens is 388 g/mol. The summed E-state index contributed by atoms with van der Waals surface area (Å²) in [5.41, 5.74) is 1.32. The highest BCUT2D eigenvalue weighted by Crippen LogP contribution is 2.27. The van der Waals surface area contributed by atoms with Gasteiger partial charge in [-0.1, -0.05) is 56.3 Å². The lowest BCUT2D eigenvalue weighted by Gasteiger charge is -2.27. The SMILES string of the molecule is CC(C)C[C@@H](C(=O)NCC(O)c1ccccc1)N1C(=O)c2ccccc2C1=O.S. The number of aliphatic hydroxyl groups excluding tert-OH is 1. The zero-order valence-corrected chi connectivity index (χ0v) is 17.5. The molecule has 2 atom stereocenters. The average molecular weight is 415 g/mol. The molecule has 2 aromatic rings. The van der Waals surface area contributed by atoms with Crippen molar-refractivity contribution in [1.82, 2.24) is 10.2 Å². The molecule has 0 aromatic heterocycles. The van der Waals surface area contributed by atoms with Crippen LogP contribution in [0.2, 0.25) is 0 Å². The van der Waals surface area contributed by atoms with Gasteiger partial charge in [0.2, 0.25) is 5.91 Å². The molecule has 154 valence electrons. The van der Waals surface area contributed by atoms with Crippen LogP contribution in [-0.2, 0) is 4.79 Å². The molecule has 0 bridgehead atoms. The lowest BCUT2D eigenvalue weighted by molar-refractivity contribution is -0.126. The highest BCUT2D eigenvalue weighted by atomic mass is 32.1. The van der Waals surface area contributed by atoms with E-state index in [1.807, 2.05) is 19.9 Å². The number of carbonyl (C=O) groups is 3. The maximum absolute atomic E-state index is 12.9. The normalized spacial score (nSPS) is 15.0. The molecule has 0 fully saturated rings. The van der Waals surface area contributed by atoms with E-state index in [4.69, 9.17) is 0 Å². The van der Waals surface area contributed by atoms with Gasteiger partial charge < -0.3 is 10.4 Å². The Morgan fingerprint density at radius 1 is 0.966 bits per heavy atom. The number of rotatable bonds is 7. The first-order chi connectivity index (χ1) is 13.4. The van der Waals surface area contributed by atoms with Crippen molar-refractivity contribution >= 4 is 31.2 Å². The van der Waals surface area contributed by atoms with Crippen molar-refractivity contribution in [3.05, 3.63) is 71.3 Å². The van der Waals surface area contributed by atoms with Gasteiger partial charge in [-0.3, -0.25) is 19.3 Å². The Morgan fingerprint density at radius 2 is 1.48 bits per heavy atom. The first-order valence-electron chi connectivity index (χ1n) is 9.37. The van der Waals surface area contributed by atoms with E-state index in [2.05, 4.69) is 5.32 Å². The number of hydrogen-bond acceptors (Lipinski definition) is 4. The third-order valence-corrected chi connectivity index (χ3v) is 4.79. The second kappa shape index (κ2) is 9.71. The maximum Gasteiger partial charge on any atom is 0.262 e.